The number of carboxylic acids is 1. The van der Waals surface area contributed by atoms with Gasteiger partial charge in [0.25, 0.3) is 5.56 Å². The Hall–Kier alpha value is -2.31. The van der Waals surface area contributed by atoms with Crippen molar-refractivity contribution in [3.63, 3.8) is 0 Å². The second kappa shape index (κ2) is 6.74. The number of carboxylic acid groups (broad SMARTS) is 1. The molecule has 7 nitrogen and oxygen atoms in total. The average molecular weight is 282 g/mol. The number of rotatable bonds is 6. The van der Waals surface area contributed by atoms with Gasteiger partial charge in [0.15, 0.2) is 0 Å². The fourth-order valence-electron chi connectivity index (χ4n) is 1.87. The Morgan fingerprint density at radius 2 is 2.00 bits per heavy atom. The maximum atomic E-state index is 12.1. The summed E-state index contributed by atoms with van der Waals surface area (Å²) in [5.74, 6) is -1.70. The first kappa shape index (κ1) is 15.7. The summed E-state index contributed by atoms with van der Waals surface area (Å²) in [6, 6.07) is 2.39. The number of hydrogen-bond acceptors (Lipinski definition) is 4. The van der Waals surface area contributed by atoms with E-state index in [4.69, 9.17) is 5.11 Å². The summed E-state index contributed by atoms with van der Waals surface area (Å²) >= 11 is 0. The van der Waals surface area contributed by atoms with Crippen LogP contribution >= 0.6 is 0 Å². The van der Waals surface area contributed by atoms with Gasteiger partial charge in [-0.2, -0.15) is 0 Å². The highest BCUT2D eigenvalue weighted by atomic mass is 16.4. The second-order valence-corrected chi connectivity index (χ2v) is 4.49. The van der Waals surface area contributed by atoms with Crippen molar-refractivity contribution < 1.29 is 19.8 Å². The van der Waals surface area contributed by atoms with E-state index in [0.29, 0.717) is 18.7 Å². The molecule has 0 aliphatic carbocycles. The number of nitrogens with zero attached hydrogens (tertiary/aromatic N) is 2. The van der Waals surface area contributed by atoms with E-state index in [0.717, 1.165) is 6.07 Å². The Bertz CT molecular complexity index is 564. The zero-order valence-corrected chi connectivity index (χ0v) is 11.5. The van der Waals surface area contributed by atoms with Gasteiger partial charge in [-0.1, -0.05) is 6.92 Å². The molecule has 1 aromatic rings. The Labute approximate surface area is 116 Å². The molecule has 0 saturated carbocycles. The van der Waals surface area contributed by atoms with Crippen molar-refractivity contribution in [2.24, 2.45) is 0 Å². The van der Waals surface area contributed by atoms with E-state index in [1.54, 1.807) is 6.92 Å². The van der Waals surface area contributed by atoms with Crippen LogP contribution in [0.1, 0.15) is 19.0 Å². The molecule has 0 atom stereocenters. The van der Waals surface area contributed by atoms with Crippen LogP contribution in [0.4, 0.5) is 0 Å². The molecule has 1 aromatic heterocycles. The predicted molar refractivity (Wildman–Crippen MR) is 71.6 cm³/mol. The highest BCUT2D eigenvalue weighted by Crippen LogP contribution is 2.07. The molecule has 0 spiro atoms. The fraction of sp³-hybridized carbons (Fsp3) is 0.462. The van der Waals surface area contributed by atoms with E-state index in [2.05, 4.69) is 0 Å². The lowest BCUT2D eigenvalue weighted by Gasteiger charge is -2.21. The first-order valence-corrected chi connectivity index (χ1v) is 6.25. The van der Waals surface area contributed by atoms with Gasteiger partial charge in [0.2, 0.25) is 5.91 Å². The lowest BCUT2D eigenvalue weighted by molar-refractivity contribution is -0.144. The molecule has 2 N–H and O–H groups in total. The second-order valence-electron chi connectivity index (χ2n) is 4.49. The van der Waals surface area contributed by atoms with Gasteiger partial charge in [0.1, 0.15) is 18.8 Å². The topological polar surface area (TPSA) is 99.8 Å². The van der Waals surface area contributed by atoms with E-state index in [1.807, 2.05) is 6.92 Å². The van der Waals surface area contributed by atoms with Gasteiger partial charge in [-0.3, -0.25) is 14.4 Å². The van der Waals surface area contributed by atoms with Crippen LogP contribution < -0.4 is 5.56 Å². The Balaban J connectivity index is 2.93. The molecule has 0 fully saturated rings. The lowest BCUT2D eigenvalue weighted by atomic mass is 10.3. The Morgan fingerprint density at radius 3 is 2.50 bits per heavy atom. The van der Waals surface area contributed by atoms with Crippen LogP contribution in [0.25, 0.3) is 0 Å². The molecule has 1 heterocycles. The van der Waals surface area contributed by atoms with Crippen molar-refractivity contribution in [1.29, 1.82) is 0 Å². The van der Waals surface area contributed by atoms with E-state index < -0.39 is 24.0 Å². The molecule has 0 aliphatic rings. The van der Waals surface area contributed by atoms with Gasteiger partial charge in [-0.25, -0.2) is 0 Å². The van der Waals surface area contributed by atoms with Crippen molar-refractivity contribution in [1.82, 2.24) is 9.47 Å². The third-order valence-electron chi connectivity index (χ3n) is 2.79. The summed E-state index contributed by atoms with van der Waals surface area (Å²) in [5.41, 5.74) is -0.0576. The lowest BCUT2D eigenvalue weighted by Crippen LogP contribution is -2.40. The van der Waals surface area contributed by atoms with Gasteiger partial charge in [-0.15, -0.1) is 0 Å². The number of pyridine rings is 1. The zero-order valence-electron chi connectivity index (χ0n) is 11.5. The molecule has 7 heteroatoms. The number of carbonyl (C=O) groups excluding carboxylic acids is 1. The minimum atomic E-state index is -1.10. The standard InChI is InChI=1S/C13H18N2O5/c1-3-4-14(8-13(19)20)12(18)7-15-9(2)5-10(16)6-11(15)17/h5-6,16H,3-4,7-8H2,1-2H3,(H,19,20). The molecular weight excluding hydrogens is 264 g/mol. The molecule has 0 bridgehead atoms. The zero-order chi connectivity index (χ0) is 15.3. The van der Waals surface area contributed by atoms with Crippen LogP contribution in [-0.2, 0) is 16.1 Å². The highest BCUT2D eigenvalue weighted by molar-refractivity contribution is 5.81. The number of aromatic nitrogens is 1. The monoisotopic (exact) mass is 282 g/mol. The van der Waals surface area contributed by atoms with Gasteiger partial charge in [0.05, 0.1) is 0 Å². The van der Waals surface area contributed by atoms with Crippen LogP contribution in [0, 0.1) is 6.92 Å². The fourth-order valence-corrected chi connectivity index (χ4v) is 1.87. The molecule has 1 amide bonds. The normalized spacial score (nSPS) is 10.3. The Kier molecular flexibility index (Phi) is 5.31. The number of amides is 1. The molecule has 20 heavy (non-hydrogen) atoms. The van der Waals surface area contributed by atoms with Crippen molar-refractivity contribution in [2.45, 2.75) is 26.8 Å². The average Bonchev–Trinajstić information content (AvgIpc) is 2.32. The molecule has 0 radical (unpaired) electrons. The SMILES string of the molecule is CCCN(CC(=O)O)C(=O)Cn1c(C)cc(O)cc1=O. The van der Waals surface area contributed by atoms with Crippen LogP contribution in [0.5, 0.6) is 5.75 Å². The molecule has 0 saturated heterocycles. The van der Waals surface area contributed by atoms with Crippen LogP contribution in [-0.4, -0.2) is 44.6 Å². The molecule has 0 unspecified atom stereocenters. The highest BCUT2D eigenvalue weighted by Gasteiger charge is 2.17. The van der Waals surface area contributed by atoms with E-state index in [-0.39, 0.29) is 12.3 Å². The smallest absolute Gasteiger partial charge is 0.323 e. The maximum Gasteiger partial charge on any atom is 0.323 e. The molecule has 0 aliphatic heterocycles. The summed E-state index contributed by atoms with van der Waals surface area (Å²) in [5, 5.41) is 18.1. The molecular formula is C13H18N2O5. The predicted octanol–water partition coefficient (Wildman–Crippen LogP) is 0.186. The van der Waals surface area contributed by atoms with Gasteiger partial charge >= 0.3 is 5.97 Å². The maximum absolute atomic E-state index is 12.1. The van der Waals surface area contributed by atoms with Crippen molar-refractivity contribution >= 4 is 11.9 Å². The number of aryl methyl sites for hydroxylation is 1. The summed E-state index contributed by atoms with van der Waals surface area (Å²) in [7, 11) is 0. The number of carbonyl (C=O) groups is 2. The molecule has 0 aromatic carbocycles. The quantitative estimate of drug-likeness (QED) is 0.775. The summed E-state index contributed by atoms with van der Waals surface area (Å²) in [6.45, 7) is 3.11. The van der Waals surface area contributed by atoms with E-state index >= 15 is 0 Å². The van der Waals surface area contributed by atoms with Gasteiger partial charge in [-0.05, 0) is 19.4 Å². The largest absolute Gasteiger partial charge is 0.508 e. The van der Waals surface area contributed by atoms with Crippen LogP contribution in [0.3, 0.4) is 0 Å². The summed E-state index contributed by atoms with van der Waals surface area (Å²) < 4.78 is 1.20. The summed E-state index contributed by atoms with van der Waals surface area (Å²) in [6.07, 6.45) is 0.627. The van der Waals surface area contributed by atoms with E-state index in [1.165, 1.54) is 15.5 Å². The minimum Gasteiger partial charge on any atom is -0.508 e. The number of aliphatic carboxylic acids is 1. The molecule has 110 valence electrons. The number of hydrogen-bond donors (Lipinski definition) is 2. The third-order valence-corrected chi connectivity index (χ3v) is 2.79. The molecule has 1 rings (SSSR count). The minimum absolute atomic E-state index is 0.160. The number of aromatic hydroxyl groups is 1. The van der Waals surface area contributed by atoms with Crippen molar-refractivity contribution in [3.05, 3.63) is 28.2 Å². The van der Waals surface area contributed by atoms with Crippen LogP contribution in [0.15, 0.2) is 16.9 Å². The van der Waals surface area contributed by atoms with Gasteiger partial charge < -0.3 is 19.7 Å². The van der Waals surface area contributed by atoms with E-state index in [9.17, 15) is 19.5 Å². The van der Waals surface area contributed by atoms with Crippen LogP contribution in [0.2, 0.25) is 0 Å². The third kappa shape index (κ3) is 4.11. The van der Waals surface area contributed by atoms with Crippen molar-refractivity contribution in [2.75, 3.05) is 13.1 Å². The summed E-state index contributed by atoms with van der Waals surface area (Å²) in [4.78, 5) is 35.7. The van der Waals surface area contributed by atoms with Crippen molar-refractivity contribution in [3.8, 4) is 5.75 Å². The first-order chi connectivity index (χ1) is 9.35. The van der Waals surface area contributed by atoms with Gasteiger partial charge in [0, 0.05) is 18.3 Å². The Morgan fingerprint density at radius 1 is 1.35 bits per heavy atom. The first-order valence-electron chi connectivity index (χ1n) is 6.25.